The molecule has 2 saturated heterocycles. The second kappa shape index (κ2) is 10.6. The van der Waals surface area contributed by atoms with Gasteiger partial charge in [-0.15, -0.1) is 0 Å². The number of piperidine rings is 1. The third-order valence-electron chi connectivity index (χ3n) is 6.42. The van der Waals surface area contributed by atoms with Crippen molar-refractivity contribution < 1.29 is 31.9 Å². The van der Waals surface area contributed by atoms with E-state index in [4.69, 9.17) is 4.74 Å². The van der Waals surface area contributed by atoms with Crippen LogP contribution in [0.2, 0.25) is 0 Å². The summed E-state index contributed by atoms with van der Waals surface area (Å²) in [6.45, 7) is 3.16. The number of nitrogens with one attached hydrogen (secondary N) is 1. The highest BCUT2D eigenvalue weighted by Gasteiger charge is 2.31. The molecule has 0 aliphatic carbocycles. The highest BCUT2D eigenvalue weighted by Crippen LogP contribution is 2.30. The molecule has 0 bridgehead atoms. The van der Waals surface area contributed by atoms with Gasteiger partial charge in [-0.2, -0.15) is 13.2 Å². The fourth-order valence-electron chi connectivity index (χ4n) is 4.44. The molecule has 2 aliphatic rings. The summed E-state index contributed by atoms with van der Waals surface area (Å²) in [7, 11) is 0. The van der Waals surface area contributed by atoms with E-state index in [-0.39, 0.29) is 29.7 Å². The van der Waals surface area contributed by atoms with Crippen molar-refractivity contribution in [1.82, 2.24) is 4.90 Å². The molecule has 2 fully saturated rings. The molecule has 0 saturated carbocycles. The van der Waals surface area contributed by atoms with Gasteiger partial charge in [-0.3, -0.25) is 9.59 Å². The van der Waals surface area contributed by atoms with E-state index in [2.05, 4.69) is 5.32 Å². The number of carbonyl (C=O) groups excluding carboxylic acids is 2. The number of ether oxygens (including phenoxy) is 1. The zero-order chi connectivity index (χ0) is 25.0. The first-order chi connectivity index (χ1) is 16.7. The molecule has 2 amide bonds. The van der Waals surface area contributed by atoms with Crippen molar-refractivity contribution in [3.05, 3.63) is 59.4 Å². The molecule has 35 heavy (non-hydrogen) atoms. The molecule has 0 spiro atoms. The van der Waals surface area contributed by atoms with Gasteiger partial charge in [0.2, 0.25) is 5.91 Å². The van der Waals surface area contributed by atoms with Gasteiger partial charge in [0.05, 0.1) is 24.5 Å². The number of nitrogens with zero attached hydrogens (tertiary/aromatic N) is 2. The van der Waals surface area contributed by atoms with Crippen molar-refractivity contribution in [3.63, 3.8) is 0 Å². The van der Waals surface area contributed by atoms with E-state index < -0.39 is 17.6 Å². The Morgan fingerprint density at radius 1 is 0.971 bits per heavy atom. The molecule has 4 rings (SSSR count). The number of hydrogen-bond acceptors (Lipinski definition) is 4. The summed E-state index contributed by atoms with van der Waals surface area (Å²) in [5, 5.41) is 2.74. The summed E-state index contributed by atoms with van der Waals surface area (Å²) in [5.41, 5.74) is 0.280. The lowest BCUT2D eigenvalue weighted by molar-refractivity contribution is -0.137. The Morgan fingerprint density at radius 3 is 2.23 bits per heavy atom. The van der Waals surface area contributed by atoms with Crippen molar-refractivity contribution in [2.75, 3.05) is 49.6 Å². The van der Waals surface area contributed by atoms with E-state index in [1.54, 1.807) is 17.0 Å². The van der Waals surface area contributed by atoms with E-state index in [9.17, 15) is 27.2 Å². The van der Waals surface area contributed by atoms with Crippen LogP contribution in [0, 0.1) is 11.7 Å². The summed E-state index contributed by atoms with van der Waals surface area (Å²) < 4.78 is 58.0. The minimum Gasteiger partial charge on any atom is -0.378 e. The number of alkyl halides is 3. The zero-order valence-corrected chi connectivity index (χ0v) is 19.1. The number of anilines is 2. The van der Waals surface area contributed by atoms with Gasteiger partial charge in [-0.25, -0.2) is 4.39 Å². The van der Waals surface area contributed by atoms with Crippen LogP contribution >= 0.6 is 0 Å². The third-order valence-corrected chi connectivity index (χ3v) is 6.42. The Hall–Kier alpha value is -3.14. The molecule has 2 heterocycles. The molecule has 0 aromatic heterocycles. The first kappa shape index (κ1) is 25.0. The molecular formula is C25H27F4N3O3. The average Bonchev–Trinajstić information content (AvgIpc) is 2.84. The van der Waals surface area contributed by atoms with E-state index in [0.717, 1.165) is 12.1 Å². The van der Waals surface area contributed by atoms with Gasteiger partial charge in [0.25, 0.3) is 5.91 Å². The van der Waals surface area contributed by atoms with Crippen molar-refractivity contribution in [3.8, 4) is 0 Å². The lowest BCUT2D eigenvalue weighted by Gasteiger charge is -2.32. The second-order valence-corrected chi connectivity index (χ2v) is 8.83. The van der Waals surface area contributed by atoms with Gasteiger partial charge in [0.1, 0.15) is 5.82 Å². The van der Waals surface area contributed by atoms with Crippen LogP contribution in [0.4, 0.5) is 28.9 Å². The number of halogens is 4. The predicted octanol–water partition coefficient (Wildman–Crippen LogP) is 4.56. The average molecular weight is 494 g/mol. The number of amides is 2. The number of likely N-dealkylation sites (tertiary alicyclic amines) is 1. The lowest BCUT2D eigenvalue weighted by Crippen LogP contribution is -2.39. The van der Waals surface area contributed by atoms with Crippen molar-refractivity contribution in [1.29, 1.82) is 0 Å². The topological polar surface area (TPSA) is 61.9 Å². The quantitative estimate of drug-likeness (QED) is 0.621. The summed E-state index contributed by atoms with van der Waals surface area (Å²) in [6.07, 6.45) is -3.00. The highest BCUT2D eigenvalue weighted by molar-refractivity contribution is 5.94. The number of benzene rings is 2. The van der Waals surface area contributed by atoms with Crippen LogP contribution in [0.3, 0.4) is 0 Å². The molecular weight excluding hydrogens is 466 g/mol. The van der Waals surface area contributed by atoms with Crippen LogP contribution in [0.25, 0.3) is 0 Å². The second-order valence-electron chi connectivity index (χ2n) is 8.83. The molecule has 0 atom stereocenters. The number of hydrogen-bond donors (Lipinski definition) is 1. The molecule has 1 N–H and O–H groups in total. The summed E-state index contributed by atoms with van der Waals surface area (Å²) in [4.78, 5) is 28.6. The van der Waals surface area contributed by atoms with Gasteiger partial charge >= 0.3 is 6.18 Å². The minimum atomic E-state index is -4.45. The Kier molecular flexibility index (Phi) is 7.59. The first-order valence-electron chi connectivity index (χ1n) is 11.6. The first-order valence-corrected chi connectivity index (χ1v) is 11.6. The van der Waals surface area contributed by atoms with Gasteiger partial charge in [-0.1, -0.05) is 0 Å². The lowest BCUT2D eigenvalue weighted by atomic mass is 9.92. The maximum Gasteiger partial charge on any atom is 0.416 e. The maximum absolute atomic E-state index is 14.6. The predicted molar refractivity (Wildman–Crippen MR) is 123 cm³/mol. The fourth-order valence-corrected chi connectivity index (χ4v) is 4.44. The van der Waals surface area contributed by atoms with Crippen molar-refractivity contribution in [2.45, 2.75) is 25.4 Å². The van der Waals surface area contributed by atoms with Crippen molar-refractivity contribution in [2.24, 2.45) is 5.92 Å². The number of morpholine rings is 1. The molecule has 2 aromatic rings. The standard InChI is InChI=1S/C25H27F4N3O3/c26-21-16-20(5-6-22(21)31-11-13-35-14-12-31)30-23(33)15-17-7-9-32(10-8-17)24(34)18-1-3-19(4-2-18)25(27,28)29/h1-6,16-17H,7-15H2,(H,30,33). The minimum absolute atomic E-state index is 0.0594. The van der Waals surface area contributed by atoms with Crippen LogP contribution in [0.15, 0.2) is 42.5 Å². The Balaban J connectivity index is 1.25. The zero-order valence-electron chi connectivity index (χ0n) is 19.1. The van der Waals surface area contributed by atoms with Crippen LogP contribution in [0.5, 0.6) is 0 Å². The summed E-state index contributed by atoms with van der Waals surface area (Å²) >= 11 is 0. The van der Waals surface area contributed by atoms with Crippen LogP contribution in [0.1, 0.15) is 35.2 Å². The van der Waals surface area contributed by atoms with Crippen LogP contribution in [-0.4, -0.2) is 56.1 Å². The molecule has 2 aliphatic heterocycles. The number of rotatable bonds is 5. The normalized spacial score (nSPS) is 17.4. The Bertz CT molecular complexity index is 1040. The monoisotopic (exact) mass is 493 g/mol. The maximum atomic E-state index is 14.6. The van der Waals surface area contributed by atoms with E-state index in [1.807, 2.05) is 4.90 Å². The van der Waals surface area contributed by atoms with Gasteiger partial charge in [0.15, 0.2) is 0 Å². The van der Waals surface area contributed by atoms with Gasteiger partial charge in [0, 0.05) is 43.9 Å². The molecule has 6 nitrogen and oxygen atoms in total. The molecule has 0 radical (unpaired) electrons. The highest BCUT2D eigenvalue weighted by atomic mass is 19.4. The summed E-state index contributed by atoms with van der Waals surface area (Å²) in [6, 6.07) is 8.83. The SMILES string of the molecule is O=C(CC1CCN(C(=O)c2ccc(C(F)(F)F)cc2)CC1)Nc1ccc(N2CCOCC2)c(F)c1. The fraction of sp³-hybridized carbons (Fsp3) is 0.440. The van der Waals surface area contributed by atoms with Crippen LogP contribution in [-0.2, 0) is 15.7 Å². The largest absolute Gasteiger partial charge is 0.416 e. The van der Waals surface area contributed by atoms with Crippen molar-refractivity contribution >= 4 is 23.2 Å². The van der Waals surface area contributed by atoms with E-state index in [1.165, 1.54) is 18.2 Å². The Morgan fingerprint density at radius 2 is 1.63 bits per heavy atom. The molecule has 0 unspecified atom stereocenters. The van der Waals surface area contributed by atoms with Gasteiger partial charge < -0.3 is 19.9 Å². The van der Waals surface area contributed by atoms with Gasteiger partial charge in [-0.05, 0) is 61.2 Å². The molecule has 188 valence electrons. The van der Waals surface area contributed by atoms with E-state index >= 15 is 0 Å². The van der Waals surface area contributed by atoms with Crippen LogP contribution < -0.4 is 10.2 Å². The smallest absolute Gasteiger partial charge is 0.378 e. The summed E-state index contributed by atoms with van der Waals surface area (Å²) in [5.74, 6) is -0.891. The Labute approximate surface area is 200 Å². The third kappa shape index (κ3) is 6.30. The molecule has 10 heteroatoms. The molecule has 2 aromatic carbocycles. The number of carbonyl (C=O) groups is 2. The van der Waals surface area contributed by atoms with E-state index in [0.29, 0.717) is 63.6 Å².